The molecule has 3 heterocycles. The molecular formula is C28H30F7N5O4S. The van der Waals surface area contributed by atoms with Gasteiger partial charge in [0, 0.05) is 38.3 Å². The number of carbonyl (C=O) groups excluding carboxylic acids is 1. The van der Waals surface area contributed by atoms with E-state index in [0.29, 0.717) is 57.2 Å². The Morgan fingerprint density at radius 1 is 1.07 bits per heavy atom. The quantitative estimate of drug-likeness (QED) is 0.241. The summed E-state index contributed by atoms with van der Waals surface area (Å²) in [7, 11) is -3.00. The number of benzene rings is 1. The number of likely N-dealkylation sites (tertiary alicyclic amines) is 2. The van der Waals surface area contributed by atoms with Crippen molar-refractivity contribution in [3.63, 3.8) is 0 Å². The van der Waals surface area contributed by atoms with Crippen LogP contribution >= 0.6 is 0 Å². The molecule has 0 atom stereocenters. The van der Waals surface area contributed by atoms with Crippen molar-refractivity contribution < 1.29 is 48.7 Å². The van der Waals surface area contributed by atoms with Crippen LogP contribution in [0, 0.1) is 17.1 Å². The highest BCUT2D eigenvalue weighted by Crippen LogP contribution is 2.53. The molecule has 2 fully saturated rings. The smallest absolute Gasteiger partial charge is 0.424 e. The minimum atomic E-state index is -5.95. The lowest BCUT2D eigenvalue weighted by atomic mass is 9.88. The number of hydrogen-bond acceptors (Lipinski definition) is 8. The van der Waals surface area contributed by atoms with Gasteiger partial charge >= 0.3 is 18.3 Å². The highest BCUT2D eigenvalue weighted by Gasteiger charge is 2.74. The number of allylic oxidation sites excluding steroid dienone is 3. The van der Waals surface area contributed by atoms with E-state index in [-0.39, 0.29) is 35.3 Å². The van der Waals surface area contributed by atoms with E-state index >= 15 is 4.39 Å². The van der Waals surface area contributed by atoms with Crippen LogP contribution in [0.15, 0.2) is 47.5 Å². The van der Waals surface area contributed by atoms with Crippen molar-refractivity contribution >= 4 is 21.7 Å². The summed E-state index contributed by atoms with van der Waals surface area (Å²) in [5.41, 5.74) is -6.70. The summed E-state index contributed by atoms with van der Waals surface area (Å²) >= 11 is 0. The second-order valence-corrected chi connectivity index (χ2v) is 12.6. The molecule has 9 nitrogen and oxygen atoms in total. The first kappa shape index (κ1) is 33.9. The van der Waals surface area contributed by atoms with Crippen molar-refractivity contribution in [3.8, 4) is 6.07 Å². The number of nitrogens with zero attached hydrogens (tertiary/aromatic N) is 4. The van der Waals surface area contributed by atoms with Gasteiger partial charge in [-0.3, -0.25) is 4.72 Å². The molecule has 3 aliphatic heterocycles. The number of nitrogens with one attached hydrogen (secondary N) is 1. The van der Waals surface area contributed by atoms with Gasteiger partial charge < -0.3 is 19.4 Å². The lowest BCUT2D eigenvalue weighted by molar-refractivity contribution is -0.322. The Balaban J connectivity index is 2.00. The number of ether oxygens (including phenoxy) is 1. The Morgan fingerprint density at radius 3 is 2.16 bits per heavy atom. The van der Waals surface area contributed by atoms with Gasteiger partial charge in [0.25, 0.3) is 5.54 Å². The Labute approximate surface area is 255 Å². The zero-order chi connectivity index (χ0) is 33.4. The van der Waals surface area contributed by atoms with Crippen molar-refractivity contribution in [3.05, 3.63) is 64.4 Å². The summed E-state index contributed by atoms with van der Waals surface area (Å²) in [4.78, 5) is 15.8. The van der Waals surface area contributed by atoms with Crippen LogP contribution in [0.3, 0.4) is 0 Å². The van der Waals surface area contributed by atoms with Gasteiger partial charge in [-0.25, -0.2) is 17.6 Å². The Kier molecular flexibility index (Phi) is 9.39. The van der Waals surface area contributed by atoms with Crippen molar-refractivity contribution in [1.29, 1.82) is 5.26 Å². The van der Waals surface area contributed by atoms with E-state index in [1.807, 2.05) is 0 Å². The molecule has 0 radical (unpaired) electrons. The highest BCUT2D eigenvalue weighted by atomic mass is 32.2. The fourth-order valence-electron chi connectivity index (χ4n) is 5.75. The number of hydrogen-bond donors (Lipinski definition) is 1. The zero-order valence-electron chi connectivity index (χ0n) is 24.2. The number of methoxy groups -OCH3 is 1. The number of anilines is 1. The van der Waals surface area contributed by atoms with Crippen LogP contribution in [0.5, 0.6) is 0 Å². The first-order valence-corrected chi connectivity index (χ1v) is 15.7. The van der Waals surface area contributed by atoms with Crippen LogP contribution in [0.2, 0.25) is 0 Å². The minimum absolute atomic E-state index is 0.0293. The maximum absolute atomic E-state index is 15.1. The number of esters is 1. The van der Waals surface area contributed by atoms with Gasteiger partial charge in [-0.15, -0.1) is 0 Å². The van der Waals surface area contributed by atoms with Crippen molar-refractivity contribution in [1.82, 2.24) is 14.7 Å². The molecule has 1 aromatic carbocycles. The van der Waals surface area contributed by atoms with Crippen molar-refractivity contribution in [2.75, 3.05) is 44.3 Å². The van der Waals surface area contributed by atoms with Gasteiger partial charge in [-0.05, 0) is 55.5 Å². The van der Waals surface area contributed by atoms with E-state index in [1.54, 1.807) is 9.62 Å². The molecule has 0 saturated carbocycles. The molecule has 1 N–H and O–H groups in total. The van der Waals surface area contributed by atoms with E-state index in [0.717, 1.165) is 13.2 Å². The maximum atomic E-state index is 15.1. The summed E-state index contributed by atoms with van der Waals surface area (Å²) < 4.78 is 134. The maximum Gasteiger partial charge on any atom is 0.424 e. The molecule has 17 heteroatoms. The fourth-order valence-corrected chi connectivity index (χ4v) is 6.33. The van der Waals surface area contributed by atoms with Crippen molar-refractivity contribution in [2.45, 2.75) is 50.1 Å². The normalized spacial score (nSPS) is 19.3. The Morgan fingerprint density at radius 2 is 1.64 bits per heavy atom. The van der Waals surface area contributed by atoms with Crippen molar-refractivity contribution in [2.24, 2.45) is 0 Å². The number of alkyl halides is 6. The van der Waals surface area contributed by atoms with Gasteiger partial charge in [0.2, 0.25) is 10.0 Å². The summed E-state index contributed by atoms with van der Waals surface area (Å²) in [6.07, 6.45) is -7.04. The molecule has 3 aliphatic rings. The lowest BCUT2D eigenvalue weighted by Crippen LogP contribution is -2.67. The van der Waals surface area contributed by atoms with E-state index in [1.165, 1.54) is 17.0 Å². The SMILES string of the molecule is COC(=O)C(=CC1=C(N2CCCC2)N(Cc2cc(F)c(NS(C)(=O)=O)c(C#N)c2)C(C(F)(F)F)(C(F)(F)F)C=C1)N1CCCC1. The third kappa shape index (κ3) is 6.70. The van der Waals surface area contributed by atoms with Crippen LogP contribution in [0.25, 0.3) is 0 Å². The summed E-state index contributed by atoms with van der Waals surface area (Å²) in [5, 5.41) is 9.57. The predicted octanol–water partition coefficient (Wildman–Crippen LogP) is 4.76. The number of carbonyl (C=O) groups is 1. The first-order chi connectivity index (χ1) is 20.9. The molecule has 2 saturated heterocycles. The van der Waals surface area contributed by atoms with Gasteiger partial charge in [0.05, 0.1) is 18.9 Å². The molecule has 0 aromatic heterocycles. The largest absolute Gasteiger partial charge is 0.464 e. The van der Waals surface area contributed by atoms with E-state index in [9.17, 15) is 44.8 Å². The van der Waals surface area contributed by atoms with Crippen LogP contribution in [-0.4, -0.2) is 86.5 Å². The molecule has 0 bridgehead atoms. The van der Waals surface area contributed by atoms with E-state index in [2.05, 4.69) is 0 Å². The van der Waals surface area contributed by atoms with Gasteiger partial charge in [0.15, 0.2) is 0 Å². The monoisotopic (exact) mass is 665 g/mol. The standard InChI is InChI=1S/C28H30F7N5O4S/c1-44-25(41)22(38-9-3-4-10-38)15-19-7-8-26(27(30,31)32,28(33,34)35)40(24(19)39-11-5-6-12-39)17-18-13-20(16-36)23(21(29)14-18)37-45(2,42)43/h7-8,13-15,37H,3-6,9-12,17H2,1-2H3. The van der Waals surface area contributed by atoms with Crippen LogP contribution in [-0.2, 0) is 26.1 Å². The third-order valence-electron chi connectivity index (χ3n) is 7.75. The van der Waals surface area contributed by atoms with Gasteiger partial charge in [0.1, 0.15) is 29.1 Å². The Hall–Kier alpha value is -3.94. The second kappa shape index (κ2) is 12.5. The van der Waals surface area contributed by atoms with Crippen LogP contribution in [0.4, 0.5) is 36.4 Å². The zero-order valence-corrected chi connectivity index (χ0v) is 25.0. The number of halogens is 7. The van der Waals surface area contributed by atoms with E-state index < -0.39 is 68.9 Å². The number of rotatable bonds is 8. The Bertz CT molecular complexity index is 1550. The first-order valence-electron chi connectivity index (χ1n) is 13.8. The highest BCUT2D eigenvalue weighted by molar-refractivity contribution is 7.92. The lowest BCUT2D eigenvalue weighted by Gasteiger charge is -2.50. The van der Waals surface area contributed by atoms with Gasteiger partial charge in [-0.1, -0.05) is 6.08 Å². The molecule has 0 amide bonds. The average molecular weight is 666 g/mol. The topological polar surface area (TPSA) is 106 Å². The van der Waals surface area contributed by atoms with E-state index in [4.69, 9.17) is 4.74 Å². The molecule has 0 aliphatic carbocycles. The summed E-state index contributed by atoms with van der Waals surface area (Å²) in [6, 6.07) is 2.94. The third-order valence-corrected chi connectivity index (χ3v) is 8.32. The van der Waals surface area contributed by atoms with Gasteiger partial charge in [-0.2, -0.15) is 31.6 Å². The summed E-state index contributed by atoms with van der Waals surface area (Å²) in [5.74, 6) is -2.70. The predicted molar refractivity (Wildman–Crippen MR) is 148 cm³/mol. The second-order valence-electron chi connectivity index (χ2n) is 10.9. The minimum Gasteiger partial charge on any atom is -0.464 e. The fraction of sp³-hybridized carbons (Fsp3) is 0.500. The van der Waals surface area contributed by atoms with Crippen LogP contribution in [0.1, 0.15) is 36.8 Å². The molecule has 1 aromatic rings. The molecule has 0 unspecified atom stereocenters. The molecule has 45 heavy (non-hydrogen) atoms. The molecule has 0 spiro atoms. The molecule has 4 rings (SSSR count). The summed E-state index contributed by atoms with van der Waals surface area (Å²) in [6.45, 7) is -0.182. The molecule has 246 valence electrons. The number of nitriles is 1. The molecular weight excluding hydrogens is 635 g/mol. The average Bonchev–Trinajstić information content (AvgIpc) is 3.65. The number of sulfonamides is 1. The van der Waals surface area contributed by atoms with Crippen LogP contribution < -0.4 is 4.72 Å².